The highest BCUT2D eigenvalue weighted by Crippen LogP contribution is 2.17. The first kappa shape index (κ1) is 13.8. The lowest BCUT2D eigenvalue weighted by Gasteiger charge is -2.17. The van der Waals surface area contributed by atoms with Crippen molar-refractivity contribution in [3.8, 4) is 0 Å². The number of cyclic esters (lactones) is 1. The second-order valence-corrected chi connectivity index (χ2v) is 5.54. The van der Waals surface area contributed by atoms with E-state index < -0.39 is 0 Å². The Morgan fingerprint density at radius 3 is 2.71 bits per heavy atom. The topological polar surface area (TPSA) is 58.6 Å². The zero-order valence-electron chi connectivity index (χ0n) is 10.9. The molecule has 0 aromatic heterocycles. The number of hydrogen-bond donors (Lipinski definition) is 1. The summed E-state index contributed by atoms with van der Waals surface area (Å²) in [5.74, 6) is 0.0708. The van der Waals surface area contributed by atoms with E-state index in [9.17, 15) is 9.59 Å². The maximum absolute atomic E-state index is 11.5. The quantitative estimate of drug-likeness (QED) is 0.741. The molecular weight excluding hydrogens is 220 g/mol. The molecule has 0 radical (unpaired) electrons. The van der Waals surface area contributed by atoms with Crippen LogP contribution >= 0.6 is 0 Å². The van der Waals surface area contributed by atoms with Gasteiger partial charge in [-0.05, 0) is 11.8 Å². The van der Waals surface area contributed by atoms with Gasteiger partial charge in [0.25, 0.3) is 0 Å². The molecule has 0 bridgehead atoms. The van der Waals surface area contributed by atoms with Crippen LogP contribution in [-0.4, -0.2) is 43.1 Å². The average molecular weight is 242 g/mol. The summed E-state index contributed by atoms with van der Waals surface area (Å²) >= 11 is 0. The molecule has 1 N–H and O–H groups in total. The standard InChI is InChI=1S/C12H22N2O3/c1-12(2,3)9-10(15)13-5-4-6-14-7-8-17-11(14)16/h4-9H2,1-3H3,(H,13,15). The minimum absolute atomic E-state index is 0.0167. The number of nitrogens with one attached hydrogen (secondary N) is 1. The van der Waals surface area contributed by atoms with E-state index in [1.165, 1.54) is 0 Å². The first-order chi connectivity index (χ1) is 7.88. The highest BCUT2D eigenvalue weighted by Gasteiger charge is 2.21. The van der Waals surface area contributed by atoms with Crippen molar-refractivity contribution in [1.29, 1.82) is 0 Å². The SMILES string of the molecule is CC(C)(C)CC(=O)NCCCN1CCOC1=O. The molecule has 0 aromatic carbocycles. The second kappa shape index (κ2) is 5.89. The van der Waals surface area contributed by atoms with Gasteiger partial charge in [-0.25, -0.2) is 4.79 Å². The molecule has 1 fully saturated rings. The van der Waals surface area contributed by atoms with Crippen molar-refractivity contribution >= 4 is 12.0 Å². The van der Waals surface area contributed by atoms with Crippen LogP contribution in [0.3, 0.4) is 0 Å². The number of rotatable bonds is 5. The van der Waals surface area contributed by atoms with Gasteiger partial charge in [0, 0.05) is 19.5 Å². The molecule has 0 aliphatic carbocycles. The summed E-state index contributed by atoms with van der Waals surface area (Å²) < 4.78 is 4.81. The molecule has 0 atom stereocenters. The molecule has 0 aromatic rings. The van der Waals surface area contributed by atoms with Gasteiger partial charge in [0.15, 0.2) is 0 Å². The van der Waals surface area contributed by atoms with Crippen LogP contribution in [0.2, 0.25) is 0 Å². The summed E-state index contributed by atoms with van der Waals surface area (Å²) in [7, 11) is 0. The lowest BCUT2D eigenvalue weighted by molar-refractivity contribution is -0.122. The molecule has 0 spiro atoms. The molecule has 1 saturated heterocycles. The van der Waals surface area contributed by atoms with Crippen LogP contribution in [0, 0.1) is 5.41 Å². The second-order valence-electron chi connectivity index (χ2n) is 5.54. The normalized spacial score (nSPS) is 15.9. The van der Waals surface area contributed by atoms with Crippen LogP contribution in [0.15, 0.2) is 0 Å². The Morgan fingerprint density at radius 1 is 1.47 bits per heavy atom. The summed E-state index contributed by atoms with van der Waals surface area (Å²) in [6, 6.07) is 0. The van der Waals surface area contributed by atoms with Crippen LogP contribution in [-0.2, 0) is 9.53 Å². The van der Waals surface area contributed by atoms with E-state index in [-0.39, 0.29) is 17.4 Å². The van der Waals surface area contributed by atoms with Gasteiger partial charge >= 0.3 is 6.09 Å². The molecule has 1 rings (SSSR count). The fraction of sp³-hybridized carbons (Fsp3) is 0.833. The van der Waals surface area contributed by atoms with Crippen molar-refractivity contribution in [2.45, 2.75) is 33.6 Å². The third-order valence-corrected chi connectivity index (χ3v) is 2.46. The summed E-state index contributed by atoms with van der Waals surface area (Å²) in [6.45, 7) is 8.50. The third kappa shape index (κ3) is 5.56. The van der Waals surface area contributed by atoms with E-state index >= 15 is 0 Å². The minimum Gasteiger partial charge on any atom is -0.448 e. The molecule has 0 unspecified atom stereocenters. The largest absolute Gasteiger partial charge is 0.448 e. The fourth-order valence-electron chi connectivity index (χ4n) is 1.67. The molecule has 1 heterocycles. The van der Waals surface area contributed by atoms with E-state index in [4.69, 9.17) is 4.74 Å². The Balaban J connectivity index is 2.08. The van der Waals surface area contributed by atoms with Crippen LogP contribution in [0.25, 0.3) is 0 Å². The van der Waals surface area contributed by atoms with Gasteiger partial charge in [0.1, 0.15) is 6.61 Å². The maximum atomic E-state index is 11.5. The van der Waals surface area contributed by atoms with Gasteiger partial charge in [-0.15, -0.1) is 0 Å². The van der Waals surface area contributed by atoms with E-state index in [2.05, 4.69) is 5.32 Å². The number of nitrogens with zero attached hydrogens (tertiary/aromatic N) is 1. The van der Waals surface area contributed by atoms with Gasteiger partial charge in [-0.1, -0.05) is 20.8 Å². The Bertz CT molecular complexity index is 284. The molecule has 98 valence electrons. The fourth-order valence-corrected chi connectivity index (χ4v) is 1.67. The average Bonchev–Trinajstić information content (AvgIpc) is 2.56. The summed E-state index contributed by atoms with van der Waals surface area (Å²) in [5.41, 5.74) is 0.0167. The monoisotopic (exact) mass is 242 g/mol. The summed E-state index contributed by atoms with van der Waals surface area (Å²) in [6.07, 6.45) is 1.05. The molecule has 1 aliphatic rings. The van der Waals surface area contributed by atoms with Crippen molar-refractivity contribution in [3.63, 3.8) is 0 Å². The van der Waals surface area contributed by atoms with Crippen molar-refractivity contribution in [2.75, 3.05) is 26.2 Å². The van der Waals surface area contributed by atoms with E-state index in [1.54, 1.807) is 4.90 Å². The highest BCUT2D eigenvalue weighted by molar-refractivity contribution is 5.76. The van der Waals surface area contributed by atoms with Crippen molar-refractivity contribution in [3.05, 3.63) is 0 Å². The van der Waals surface area contributed by atoms with Crippen molar-refractivity contribution in [2.24, 2.45) is 5.41 Å². The zero-order chi connectivity index (χ0) is 12.9. The van der Waals surface area contributed by atoms with Gasteiger partial charge in [0.2, 0.25) is 5.91 Å². The Morgan fingerprint density at radius 2 is 2.18 bits per heavy atom. The molecule has 5 nitrogen and oxygen atoms in total. The molecule has 5 heteroatoms. The predicted octanol–water partition coefficient (Wildman–Crippen LogP) is 1.38. The number of carbonyl (C=O) groups is 2. The smallest absolute Gasteiger partial charge is 0.409 e. The van der Waals surface area contributed by atoms with E-state index in [0.29, 0.717) is 32.7 Å². The molecule has 2 amide bonds. The van der Waals surface area contributed by atoms with Crippen molar-refractivity contribution < 1.29 is 14.3 Å². The number of hydrogen-bond acceptors (Lipinski definition) is 3. The zero-order valence-corrected chi connectivity index (χ0v) is 10.9. The Hall–Kier alpha value is -1.26. The lowest BCUT2D eigenvalue weighted by atomic mass is 9.92. The van der Waals surface area contributed by atoms with Gasteiger partial charge in [0.05, 0.1) is 6.54 Å². The summed E-state index contributed by atoms with van der Waals surface area (Å²) in [4.78, 5) is 24.3. The molecule has 1 aliphatic heterocycles. The first-order valence-corrected chi connectivity index (χ1v) is 6.07. The van der Waals surface area contributed by atoms with Gasteiger partial charge in [-0.2, -0.15) is 0 Å². The number of amides is 2. The van der Waals surface area contributed by atoms with Crippen LogP contribution in [0.4, 0.5) is 4.79 Å². The predicted molar refractivity (Wildman–Crippen MR) is 64.6 cm³/mol. The Kier molecular flexibility index (Phi) is 4.78. The van der Waals surface area contributed by atoms with Crippen LogP contribution < -0.4 is 5.32 Å². The third-order valence-electron chi connectivity index (χ3n) is 2.46. The maximum Gasteiger partial charge on any atom is 0.409 e. The lowest BCUT2D eigenvalue weighted by Crippen LogP contribution is -2.32. The number of ether oxygens (including phenoxy) is 1. The molecule has 17 heavy (non-hydrogen) atoms. The minimum atomic E-state index is -0.244. The van der Waals surface area contributed by atoms with Crippen LogP contribution in [0.1, 0.15) is 33.6 Å². The number of carbonyl (C=O) groups excluding carboxylic acids is 2. The van der Waals surface area contributed by atoms with Crippen molar-refractivity contribution in [1.82, 2.24) is 10.2 Å². The Labute approximate surface area is 102 Å². The van der Waals surface area contributed by atoms with Gasteiger partial charge < -0.3 is 15.0 Å². The van der Waals surface area contributed by atoms with E-state index in [1.807, 2.05) is 20.8 Å². The van der Waals surface area contributed by atoms with Crippen LogP contribution in [0.5, 0.6) is 0 Å². The van der Waals surface area contributed by atoms with Gasteiger partial charge in [-0.3, -0.25) is 4.79 Å². The molecule has 0 saturated carbocycles. The van der Waals surface area contributed by atoms with E-state index in [0.717, 1.165) is 6.42 Å². The molecular formula is C12H22N2O3. The summed E-state index contributed by atoms with van der Waals surface area (Å²) in [5, 5.41) is 2.86. The first-order valence-electron chi connectivity index (χ1n) is 6.07. The highest BCUT2D eigenvalue weighted by atomic mass is 16.6.